The van der Waals surface area contributed by atoms with E-state index in [-0.39, 0.29) is 17.2 Å². The molecule has 0 bridgehead atoms. The zero-order valence-corrected chi connectivity index (χ0v) is 18.6. The van der Waals surface area contributed by atoms with Crippen LogP contribution >= 0.6 is 27.7 Å². The Morgan fingerprint density at radius 2 is 1.87 bits per heavy atom. The molecular formula is C23H19BrN2O3S. The number of amides is 2. The summed E-state index contributed by atoms with van der Waals surface area (Å²) in [6, 6.07) is 22.3. The standard InChI is InChI=1S/C23H19BrN2O3S/c1-29-20-12-5-4-11-19(20)26-21(27)14-30-23(26)17-9-2-3-10-18(17)25-22(28)15-7-6-8-16(24)13-15/h2-13,23H,14H2,1H3,(H,25,28). The van der Waals surface area contributed by atoms with Crippen LogP contribution in [0.3, 0.4) is 0 Å². The maximum atomic E-state index is 12.8. The van der Waals surface area contributed by atoms with Crippen molar-refractivity contribution in [3.05, 3.63) is 88.4 Å². The van der Waals surface area contributed by atoms with Gasteiger partial charge in [-0.2, -0.15) is 0 Å². The van der Waals surface area contributed by atoms with E-state index in [0.717, 1.165) is 10.0 Å². The number of para-hydroxylation sites is 3. The lowest BCUT2D eigenvalue weighted by Gasteiger charge is -2.27. The quantitative estimate of drug-likeness (QED) is 0.522. The van der Waals surface area contributed by atoms with Gasteiger partial charge in [0.15, 0.2) is 0 Å². The van der Waals surface area contributed by atoms with Crippen molar-refractivity contribution in [1.29, 1.82) is 0 Å². The second-order valence-electron chi connectivity index (χ2n) is 6.65. The summed E-state index contributed by atoms with van der Waals surface area (Å²) >= 11 is 4.93. The van der Waals surface area contributed by atoms with Gasteiger partial charge in [-0.05, 0) is 36.4 Å². The molecule has 5 nitrogen and oxygen atoms in total. The van der Waals surface area contributed by atoms with Gasteiger partial charge < -0.3 is 10.1 Å². The van der Waals surface area contributed by atoms with Crippen molar-refractivity contribution in [1.82, 2.24) is 0 Å². The third-order valence-electron chi connectivity index (χ3n) is 4.77. The predicted octanol–water partition coefficient (Wildman–Crippen LogP) is 5.49. The van der Waals surface area contributed by atoms with E-state index >= 15 is 0 Å². The zero-order valence-electron chi connectivity index (χ0n) is 16.2. The van der Waals surface area contributed by atoms with Crippen LogP contribution in [0.25, 0.3) is 0 Å². The molecule has 1 fully saturated rings. The van der Waals surface area contributed by atoms with Crippen LogP contribution in [0, 0.1) is 0 Å². The summed E-state index contributed by atoms with van der Waals surface area (Å²) in [7, 11) is 1.59. The molecule has 0 saturated carbocycles. The summed E-state index contributed by atoms with van der Waals surface area (Å²) in [6.07, 6.45) is 0. The van der Waals surface area contributed by atoms with Crippen molar-refractivity contribution in [2.45, 2.75) is 5.37 Å². The van der Waals surface area contributed by atoms with E-state index in [9.17, 15) is 9.59 Å². The molecule has 30 heavy (non-hydrogen) atoms. The highest BCUT2D eigenvalue weighted by atomic mass is 79.9. The summed E-state index contributed by atoms with van der Waals surface area (Å²) in [6.45, 7) is 0. The Labute approximate surface area is 187 Å². The molecule has 1 aliphatic heterocycles. The van der Waals surface area contributed by atoms with Crippen LogP contribution in [-0.2, 0) is 4.79 Å². The monoisotopic (exact) mass is 482 g/mol. The maximum absolute atomic E-state index is 12.8. The van der Waals surface area contributed by atoms with E-state index in [1.54, 1.807) is 24.1 Å². The van der Waals surface area contributed by atoms with Crippen molar-refractivity contribution < 1.29 is 14.3 Å². The van der Waals surface area contributed by atoms with Crippen LogP contribution in [0.15, 0.2) is 77.3 Å². The first-order valence-corrected chi connectivity index (χ1v) is 11.1. The Hall–Kier alpha value is -2.77. The molecule has 1 aliphatic rings. The molecule has 3 aromatic carbocycles. The highest BCUT2D eigenvalue weighted by Gasteiger charge is 2.36. The molecule has 7 heteroatoms. The summed E-state index contributed by atoms with van der Waals surface area (Å²) in [5, 5.41) is 2.73. The number of hydrogen-bond acceptors (Lipinski definition) is 4. The average Bonchev–Trinajstić information content (AvgIpc) is 3.15. The fourth-order valence-electron chi connectivity index (χ4n) is 3.39. The highest BCUT2D eigenvalue weighted by molar-refractivity contribution is 9.10. The molecule has 1 N–H and O–H groups in total. The number of nitrogens with one attached hydrogen (secondary N) is 1. The number of nitrogens with zero attached hydrogens (tertiary/aromatic N) is 1. The molecule has 2 amide bonds. The van der Waals surface area contributed by atoms with Crippen molar-refractivity contribution in [2.75, 3.05) is 23.1 Å². The van der Waals surface area contributed by atoms with Crippen molar-refractivity contribution in [3.63, 3.8) is 0 Å². The SMILES string of the molecule is COc1ccccc1N1C(=O)CSC1c1ccccc1NC(=O)c1cccc(Br)c1. The van der Waals surface area contributed by atoms with E-state index in [0.29, 0.717) is 28.4 Å². The molecule has 0 aromatic heterocycles. The third kappa shape index (κ3) is 4.08. The van der Waals surface area contributed by atoms with Crippen LogP contribution in [0.5, 0.6) is 5.75 Å². The molecule has 0 radical (unpaired) electrons. The number of ether oxygens (including phenoxy) is 1. The maximum Gasteiger partial charge on any atom is 0.255 e. The molecule has 1 atom stereocenters. The van der Waals surface area contributed by atoms with Gasteiger partial charge in [0, 0.05) is 21.3 Å². The molecule has 0 aliphatic carbocycles. The Balaban J connectivity index is 1.69. The largest absolute Gasteiger partial charge is 0.495 e. The first-order valence-electron chi connectivity index (χ1n) is 9.31. The van der Waals surface area contributed by atoms with Crippen molar-refractivity contribution >= 4 is 50.9 Å². The third-order valence-corrected chi connectivity index (χ3v) is 6.46. The number of carbonyl (C=O) groups is 2. The van der Waals surface area contributed by atoms with Crippen LogP contribution in [0.1, 0.15) is 21.3 Å². The molecule has 1 unspecified atom stereocenters. The molecule has 4 rings (SSSR count). The molecule has 1 heterocycles. The number of benzene rings is 3. The Morgan fingerprint density at radius 3 is 2.67 bits per heavy atom. The van der Waals surface area contributed by atoms with Gasteiger partial charge in [0.05, 0.1) is 18.6 Å². The lowest BCUT2D eigenvalue weighted by atomic mass is 10.1. The van der Waals surface area contributed by atoms with E-state index in [1.165, 1.54) is 11.8 Å². The smallest absolute Gasteiger partial charge is 0.255 e. The van der Waals surface area contributed by atoms with Crippen molar-refractivity contribution in [3.8, 4) is 5.75 Å². The molecule has 0 spiro atoms. The van der Waals surface area contributed by atoms with Crippen LogP contribution in [-0.4, -0.2) is 24.7 Å². The van der Waals surface area contributed by atoms with E-state index in [1.807, 2.05) is 60.7 Å². The van der Waals surface area contributed by atoms with Crippen LogP contribution in [0.2, 0.25) is 0 Å². The van der Waals surface area contributed by atoms with E-state index < -0.39 is 0 Å². The first-order chi connectivity index (χ1) is 14.6. The topological polar surface area (TPSA) is 58.6 Å². The Bertz CT molecular complexity index is 1110. The second-order valence-corrected chi connectivity index (χ2v) is 8.63. The number of anilines is 2. The first kappa shape index (κ1) is 20.5. The number of thioether (sulfide) groups is 1. The van der Waals surface area contributed by atoms with Gasteiger partial charge in [-0.3, -0.25) is 14.5 Å². The van der Waals surface area contributed by atoms with Crippen LogP contribution in [0.4, 0.5) is 11.4 Å². The Kier molecular flexibility index (Phi) is 6.11. The zero-order chi connectivity index (χ0) is 21.1. The fraction of sp³-hybridized carbons (Fsp3) is 0.130. The van der Waals surface area contributed by atoms with Crippen molar-refractivity contribution in [2.24, 2.45) is 0 Å². The summed E-state index contributed by atoms with van der Waals surface area (Å²) in [5.74, 6) is 0.787. The normalized spacial score (nSPS) is 15.9. The van der Waals surface area contributed by atoms with Gasteiger partial charge in [0.25, 0.3) is 5.91 Å². The van der Waals surface area contributed by atoms with Gasteiger partial charge in [0.1, 0.15) is 11.1 Å². The lowest BCUT2D eigenvalue weighted by Crippen LogP contribution is -2.29. The number of methoxy groups -OCH3 is 1. The van der Waals surface area contributed by atoms with Gasteiger partial charge >= 0.3 is 0 Å². The highest BCUT2D eigenvalue weighted by Crippen LogP contribution is 2.46. The van der Waals surface area contributed by atoms with Gasteiger partial charge in [-0.15, -0.1) is 11.8 Å². The van der Waals surface area contributed by atoms with Gasteiger partial charge in [-0.25, -0.2) is 0 Å². The molecule has 152 valence electrons. The molecular weight excluding hydrogens is 464 g/mol. The van der Waals surface area contributed by atoms with Gasteiger partial charge in [0.2, 0.25) is 5.91 Å². The number of carbonyl (C=O) groups excluding carboxylic acids is 2. The van der Waals surface area contributed by atoms with Gasteiger partial charge in [-0.1, -0.05) is 52.3 Å². The molecule has 3 aromatic rings. The number of hydrogen-bond donors (Lipinski definition) is 1. The number of halogens is 1. The minimum atomic E-state index is -0.271. The lowest BCUT2D eigenvalue weighted by molar-refractivity contribution is -0.115. The van der Waals surface area contributed by atoms with E-state index in [2.05, 4.69) is 21.2 Å². The molecule has 1 saturated heterocycles. The summed E-state index contributed by atoms with van der Waals surface area (Å²) in [5.41, 5.74) is 2.81. The minimum absolute atomic E-state index is 0.00243. The van der Waals surface area contributed by atoms with Crippen LogP contribution < -0.4 is 15.0 Å². The number of rotatable bonds is 5. The fourth-order valence-corrected chi connectivity index (χ4v) is 5.00. The summed E-state index contributed by atoms with van der Waals surface area (Å²) < 4.78 is 6.31. The summed E-state index contributed by atoms with van der Waals surface area (Å²) in [4.78, 5) is 27.3. The Morgan fingerprint density at radius 1 is 1.10 bits per heavy atom. The average molecular weight is 483 g/mol. The predicted molar refractivity (Wildman–Crippen MR) is 124 cm³/mol. The van der Waals surface area contributed by atoms with E-state index in [4.69, 9.17) is 4.74 Å². The second kappa shape index (κ2) is 8.93. The minimum Gasteiger partial charge on any atom is -0.495 e.